The Balaban J connectivity index is 1.56. The van der Waals surface area contributed by atoms with E-state index in [0.29, 0.717) is 74.7 Å². The molecule has 0 amide bonds. The number of aromatic hydroxyl groups is 1. The van der Waals surface area contributed by atoms with Gasteiger partial charge in [0.2, 0.25) is 10.0 Å². The maximum Gasteiger partial charge on any atom is 0.241 e. The zero-order valence-corrected chi connectivity index (χ0v) is 20.0. The van der Waals surface area contributed by atoms with E-state index < -0.39 is 15.3 Å². The molecule has 0 unspecified atom stereocenters. The van der Waals surface area contributed by atoms with E-state index >= 15 is 0 Å². The first-order chi connectivity index (χ1) is 17.0. The number of hydrogen-bond acceptors (Lipinski definition) is 8. The fourth-order valence-electron chi connectivity index (χ4n) is 5.03. The number of morpholine rings is 1. The molecule has 4 heterocycles. The van der Waals surface area contributed by atoms with Gasteiger partial charge in [0, 0.05) is 35.6 Å². The summed E-state index contributed by atoms with van der Waals surface area (Å²) in [5.41, 5.74) is 2.00. The topological polar surface area (TPSA) is 110 Å². The Hall–Kier alpha value is -3.21. The lowest BCUT2D eigenvalue weighted by atomic mass is 10.1. The van der Waals surface area contributed by atoms with Gasteiger partial charge in [0.1, 0.15) is 11.6 Å². The molecule has 2 aliphatic rings. The van der Waals surface area contributed by atoms with Crippen LogP contribution in [0.25, 0.3) is 33.2 Å². The van der Waals surface area contributed by atoms with Gasteiger partial charge in [-0.1, -0.05) is 12.1 Å². The third-order valence-corrected chi connectivity index (χ3v) is 9.06. The van der Waals surface area contributed by atoms with Gasteiger partial charge in [-0.3, -0.25) is 0 Å². The molecule has 9 nitrogen and oxygen atoms in total. The number of phenolic OH excluding ortho intramolecular Hbond substituents is 1. The number of benzene rings is 2. The minimum Gasteiger partial charge on any atom is -0.508 e. The Labute approximate surface area is 203 Å². The molecule has 35 heavy (non-hydrogen) atoms. The number of piperidine rings is 1. The number of nitrogens with zero attached hydrogens (tertiary/aromatic N) is 4. The van der Waals surface area contributed by atoms with E-state index in [2.05, 4.69) is 10.2 Å². The first-order valence-corrected chi connectivity index (χ1v) is 13.4. The van der Waals surface area contributed by atoms with Crippen molar-refractivity contribution in [2.24, 2.45) is 0 Å². The van der Waals surface area contributed by atoms with Crippen molar-refractivity contribution in [3.8, 4) is 17.1 Å². The van der Waals surface area contributed by atoms with Crippen molar-refractivity contribution in [3.05, 3.63) is 48.7 Å². The summed E-state index contributed by atoms with van der Waals surface area (Å²) in [6.07, 6.45) is 2.84. The second kappa shape index (κ2) is 8.78. The summed E-state index contributed by atoms with van der Waals surface area (Å²) in [4.78, 5) is 11.9. The lowest BCUT2D eigenvalue weighted by Gasteiger charge is -2.29. The maximum absolute atomic E-state index is 13.5. The van der Waals surface area contributed by atoms with Crippen molar-refractivity contribution in [2.45, 2.75) is 18.1 Å². The number of anilines is 1. The lowest BCUT2D eigenvalue weighted by Crippen LogP contribution is -2.38. The molecule has 6 rings (SSSR count). The Morgan fingerprint density at radius 2 is 1.80 bits per heavy atom. The Bertz CT molecular complexity index is 1510. The summed E-state index contributed by atoms with van der Waals surface area (Å²) in [6, 6.07) is 12.5. The molecule has 0 radical (unpaired) electrons. The zero-order valence-electron chi connectivity index (χ0n) is 19.2. The van der Waals surface area contributed by atoms with Crippen LogP contribution in [0.2, 0.25) is 0 Å². The molecule has 2 aliphatic heterocycles. The van der Waals surface area contributed by atoms with Crippen LogP contribution in [-0.4, -0.2) is 72.1 Å². The molecule has 10 heteroatoms. The van der Waals surface area contributed by atoms with Gasteiger partial charge in [0.25, 0.3) is 0 Å². The minimum atomic E-state index is -3.54. The van der Waals surface area contributed by atoms with Crippen molar-refractivity contribution in [1.82, 2.24) is 19.3 Å². The standard InChI is InChI=1S/C25H27N5O4S/c31-18-3-1-2-17(16-18)24-27-23-20-8-11-30(35(32,33)19-6-9-26-10-7-19)22(20)5-4-21(23)25(28-24)29-12-14-34-15-13-29/h1-5,8,11,16,19,26,31H,6-7,9-10,12-15H2. The number of rotatable bonds is 4. The number of phenols is 1. The third kappa shape index (κ3) is 3.91. The number of aromatic nitrogens is 3. The molecule has 0 atom stereocenters. The monoisotopic (exact) mass is 493 g/mol. The predicted octanol–water partition coefficient (Wildman–Crippen LogP) is 2.72. The summed E-state index contributed by atoms with van der Waals surface area (Å²) in [6.45, 7) is 4.04. The highest BCUT2D eigenvalue weighted by molar-refractivity contribution is 7.90. The average Bonchev–Trinajstić information content (AvgIpc) is 3.35. The first kappa shape index (κ1) is 22.3. The highest BCUT2D eigenvalue weighted by Crippen LogP contribution is 2.35. The molecule has 2 fully saturated rings. The van der Waals surface area contributed by atoms with Gasteiger partial charge >= 0.3 is 0 Å². The summed E-state index contributed by atoms with van der Waals surface area (Å²) in [7, 11) is -3.54. The van der Waals surface area contributed by atoms with Gasteiger partial charge in [-0.05, 0) is 56.3 Å². The van der Waals surface area contributed by atoms with E-state index in [1.165, 1.54) is 3.97 Å². The summed E-state index contributed by atoms with van der Waals surface area (Å²) in [5, 5.41) is 14.5. The van der Waals surface area contributed by atoms with Crippen LogP contribution in [0, 0.1) is 0 Å². The van der Waals surface area contributed by atoms with Crippen molar-refractivity contribution in [1.29, 1.82) is 0 Å². The second-order valence-corrected chi connectivity index (χ2v) is 11.1. The Kier molecular flexibility index (Phi) is 5.58. The summed E-state index contributed by atoms with van der Waals surface area (Å²) >= 11 is 0. The highest BCUT2D eigenvalue weighted by atomic mass is 32.2. The quantitative estimate of drug-likeness (QED) is 0.447. The van der Waals surface area contributed by atoms with E-state index in [9.17, 15) is 13.5 Å². The van der Waals surface area contributed by atoms with Gasteiger partial charge in [-0.15, -0.1) is 0 Å². The SMILES string of the molecule is O=S(=O)(C1CCNCC1)n1ccc2c3nc(-c4cccc(O)c4)nc(N4CCOCC4)c3ccc21. The van der Waals surface area contributed by atoms with Crippen LogP contribution < -0.4 is 10.2 Å². The summed E-state index contributed by atoms with van der Waals surface area (Å²) < 4.78 is 33.9. The van der Waals surface area contributed by atoms with Gasteiger partial charge in [0.15, 0.2) is 5.82 Å². The molecular formula is C25H27N5O4S. The van der Waals surface area contributed by atoms with Crippen LogP contribution in [0.4, 0.5) is 5.82 Å². The number of ether oxygens (including phenoxy) is 1. The largest absolute Gasteiger partial charge is 0.508 e. The molecule has 0 aliphatic carbocycles. The molecule has 2 N–H and O–H groups in total. The van der Waals surface area contributed by atoms with Crippen LogP contribution >= 0.6 is 0 Å². The van der Waals surface area contributed by atoms with Crippen molar-refractivity contribution in [2.75, 3.05) is 44.3 Å². The van der Waals surface area contributed by atoms with Gasteiger partial charge in [0.05, 0.1) is 29.5 Å². The lowest BCUT2D eigenvalue weighted by molar-refractivity contribution is 0.122. The summed E-state index contributed by atoms with van der Waals surface area (Å²) in [5.74, 6) is 1.40. The van der Waals surface area contributed by atoms with Crippen molar-refractivity contribution < 1.29 is 18.3 Å². The molecule has 0 bridgehead atoms. The number of hydrogen-bond donors (Lipinski definition) is 2. The van der Waals surface area contributed by atoms with Crippen LogP contribution in [0.3, 0.4) is 0 Å². The van der Waals surface area contributed by atoms with Crippen LogP contribution in [-0.2, 0) is 14.8 Å². The van der Waals surface area contributed by atoms with E-state index in [-0.39, 0.29) is 5.75 Å². The van der Waals surface area contributed by atoms with Gasteiger partial charge in [-0.25, -0.2) is 22.4 Å². The van der Waals surface area contributed by atoms with Gasteiger partial charge in [-0.2, -0.15) is 0 Å². The van der Waals surface area contributed by atoms with Gasteiger partial charge < -0.3 is 20.1 Å². The highest BCUT2D eigenvalue weighted by Gasteiger charge is 2.30. The van der Waals surface area contributed by atoms with Crippen LogP contribution in [0.1, 0.15) is 12.8 Å². The zero-order chi connectivity index (χ0) is 24.0. The van der Waals surface area contributed by atoms with E-state index in [4.69, 9.17) is 14.7 Å². The molecule has 182 valence electrons. The maximum atomic E-state index is 13.5. The van der Waals surface area contributed by atoms with Crippen molar-refractivity contribution >= 4 is 37.6 Å². The van der Waals surface area contributed by atoms with Crippen molar-refractivity contribution in [3.63, 3.8) is 0 Å². The Morgan fingerprint density at radius 3 is 2.57 bits per heavy atom. The fraction of sp³-hybridized carbons (Fsp3) is 0.360. The van der Waals surface area contributed by atoms with E-state index in [1.54, 1.807) is 24.4 Å². The average molecular weight is 494 g/mol. The first-order valence-electron chi connectivity index (χ1n) is 11.9. The molecular weight excluding hydrogens is 466 g/mol. The second-order valence-electron chi connectivity index (χ2n) is 9.02. The Morgan fingerprint density at radius 1 is 1.00 bits per heavy atom. The predicted molar refractivity (Wildman–Crippen MR) is 135 cm³/mol. The molecule has 2 saturated heterocycles. The number of fused-ring (bicyclic) bond motifs is 3. The molecule has 2 aromatic heterocycles. The van der Waals surface area contributed by atoms with E-state index in [0.717, 1.165) is 16.6 Å². The van der Waals surface area contributed by atoms with Crippen LogP contribution in [0.5, 0.6) is 5.75 Å². The molecule has 0 spiro atoms. The normalized spacial score (nSPS) is 17.9. The molecule has 4 aromatic rings. The molecule has 2 aromatic carbocycles. The van der Waals surface area contributed by atoms with E-state index in [1.807, 2.05) is 24.3 Å². The number of nitrogens with one attached hydrogen (secondary N) is 1. The van der Waals surface area contributed by atoms with Crippen LogP contribution in [0.15, 0.2) is 48.7 Å². The molecule has 0 saturated carbocycles. The minimum absolute atomic E-state index is 0.136. The fourth-order valence-corrected chi connectivity index (χ4v) is 6.85. The third-order valence-electron chi connectivity index (χ3n) is 6.88. The smallest absolute Gasteiger partial charge is 0.241 e.